The van der Waals surface area contributed by atoms with E-state index in [2.05, 4.69) is 38.3 Å². The molecule has 0 aliphatic carbocycles. The van der Waals surface area contributed by atoms with Gasteiger partial charge in [0.2, 0.25) is 0 Å². The van der Waals surface area contributed by atoms with E-state index in [0.717, 1.165) is 25.1 Å². The van der Waals surface area contributed by atoms with Crippen molar-refractivity contribution in [3.8, 4) is 0 Å². The van der Waals surface area contributed by atoms with Gasteiger partial charge in [0, 0.05) is 24.3 Å². The van der Waals surface area contributed by atoms with E-state index >= 15 is 0 Å². The third kappa shape index (κ3) is 5.33. The van der Waals surface area contributed by atoms with Crippen LogP contribution in [0.5, 0.6) is 0 Å². The topological polar surface area (TPSA) is 41.1 Å². The summed E-state index contributed by atoms with van der Waals surface area (Å²) in [6.45, 7) is 10.2. The van der Waals surface area contributed by atoms with E-state index in [9.17, 15) is 4.79 Å². The Kier molecular flexibility index (Phi) is 5.87. The summed E-state index contributed by atoms with van der Waals surface area (Å²) in [5.74, 6) is 0.00330. The predicted molar refractivity (Wildman–Crippen MR) is 81.6 cm³/mol. The number of amides is 1. The summed E-state index contributed by atoms with van der Waals surface area (Å²) >= 11 is 0. The minimum atomic E-state index is 0.00330. The highest BCUT2D eigenvalue weighted by Crippen LogP contribution is 2.18. The summed E-state index contributed by atoms with van der Waals surface area (Å²) in [7, 11) is 0. The van der Waals surface area contributed by atoms with Crippen LogP contribution >= 0.6 is 0 Å². The Balaban J connectivity index is 2.53. The van der Waals surface area contributed by atoms with Crippen LogP contribution in [0.1, 0.15) is 50.9 Å². The number of rotatable bonds is 7. The molecule has 0 radical (unpaired) electrons. The van der Waals surface area contributed by atoms with Crippen molar-refractivity contribution in [3.63, 3.8) is 0 Å². The highest BCUT2D eigenvalue weighted by atomic mass is 16.1. The fourth-order valence-corrected chi connectivity index (χ4v) is 1.56. The molecule has 0 spiro atoms. The van der Waals surface area contributed by atoms with Crippen molar-refractivity contribution in [2.45, 2.75) is 40.5 Å². The molecular formula is C16H26N2O. The summed E-state index contributed by atoms with van der Waals surface area (Å²) < 4.78 is 0. The second-order valence-electron chi connectivity index (χ2n) is 5.70. The van der Waals surface area contributed by atoms with E-state index in [1.165, 1.54) is 0 Å². The molecule has 0 aliphatic heterocycles. The van der Waals surface area contributed by atoms with Crippen LogP contribution < -0.4 is 10.6 Å². The van der Waals surface area contributed by atoms with Gasteiger partial charge in [-0.25, -0.2) is 0 Å². The van der Waals surface area contributed by atoms with Crippen molar-refractivity contribution in [1.82, 2.24) is 5.32 Å². The van der Waals surface area contributed by atoms with Gasteiger partial charge in [0.05, 0.1) is 0 Å². The molecule has 0 saturated carbocycles. The van der Waals surface area contributed by atoms with E-state index in [-0.39, 0.29) is 11.3 Å². The van der Waals surface area contributed by atoms with Gasteiger partial charge in [-0.05, 0) is 42.5 Å². The summed E-state index contributed by atoms with van der Waals surface area (Å²) in [6, 6.07) is 7.64. The first-order valence-electron chi connectivity index (χ1n) is 7.10. The maximum Gasteiger partial charge on any atom is 0.251 e. The number of benzene rings is 1. The third-order valence-corrected chi connectivity index (χ3v) is 3.41. The lowest BCUT2D eigenvalue weighted by atomic mass is 9.90. The van der Waals surface area contributed by atoms with Gasteiger partial charge < -0.3 is 10.6 Å². The smallest absolute Gasteiger partial charge is 0.251 e. The van der Waals surface area contributed by atoms with E-state index in [1.54, 1.807) is 0 Å². The lowest BCUT2D eigenvalue weighted by Crippen LogP contribution is -2.33. The largest absolute Gasteiger partial charge is 0.385 e. The van der Waals surface area contributed by atoms with Crippen LogP contribution in [0, 0.1) is 5.41 Å². The number of hydrogen-bond acceptors (Lipinski definition) is 2. The molecule has 3 heteroatoms. The average molecular weight is 262 g/mol. The number of nitrogens with one attached hydrogen (secondary N) is 2. The van der Waals surface area contributed by atoms with Gasteiger partial charge in [0.1, 0.15) is 0 Å². The quantitative estimate of drug-likeness (QED) is 0.787. The molecule has 1 amide bonds. The van der Waals surface area contributed by atoms with Crippen molar-refractivity contribution in [1.29, 1.82) is 0 Å². The number of carbonyl (C=O) groups is 1. The minimum Gasteiger partial charge on any atom is -0.385 e. The highest BCUT2D eigenvalue weighted by Gasteiger charge is 2.16. The Labute approximate surface area is 116 Å². The molecule has 0 saturated heterocycles. The Morgan fingerprint density at radius 2 is 1.79 bits per heavy atom. The van der Waals surface area contributed by atoms with Crippen molar-refractivity contribution in [2.75, 3.05) is 18.4 Å². The van der Waals surface area contributed by atoms with Crippen LogP contribution in [0.3, 0.4) is 0 Å². The molecular weight excluding hydrogens is 236 g/mol. The van der Waals surface area contributed by atoms with Crippen molar-refractivity contribution in [2.24, 2.45) is 5.41 Å². The zero-order valence-electron chi connectivity index (χ0n) is 12.5. The van der Waals surface area contributed by atoms with E-state index in [1.807, 2.05) is 24.3 Å². The highest BCUT2D eigenvalue weighted by molar-refractivity contribution is 5.94. The van der Waals surface area contributed by atoms with Gasteiger partial charge in [-0.1, -0.05) is 27.7 Å². The van der Waals surface area contributed by atoms with Crippen molar-refractivity contribution < 1.29 is 4.79 Å². The molecule has 1 aromatic carbocycles. The molecule has 1 rings (SSSR count). The molecule has 1 aromatic rings. The molecule has 0 unspecified atom stereocenters. The lowest BCUT2D eigenvalue weighted by molar-refractivity contribution is 0.0936. The molecule has 0 bridgehead atoms. The normalized spacial score (nSPS) is 11.2. The zero-order chi connectivity index (χ0) is 14.3. The van der Waals surface area contributed by atoms with Gasteiger partial charge in [-0.2, -0.15) is 0 Å². The third-order valence-electron chi connectivity index (χ3n) is 3.41. The number of anilines is 1. The van der Waals surface area contributed by atoms with Crippen LogP contribution in [-0.2, 0) is 0 Å². The zero-order valence-corrected chi connectivity index (χ0v) is 12.5. The maximum atomic E-state index is 12.0. The monoisotopic (exact) mass is 262 g/mol. The van der Waals surface area contributed by atoms with Crippen LogP contribution in [0.25, 0.3) is 0 Å². The minimum absolute atomic E-state index is 0.00330. The van der Waals surface area contributed by atoms with Crippen LogP contribution in [0.15, 0.2) is 24.3 Å². The van der Waals surface area contributed by atoms with E-state index in [0.29, 0.717) is 12.1 Å². The van der Waals surface area contributed by atoms with Crippen LogP contribution in [0.2, 0.25) is 0 Å². The molecule has 2 N–H and O–H groups in total. The van der Waals surface area contributed by atoms with Crippen molar-refractivity contribution in [3.05, 3.63) is 29.8 Å². The van der Waals surface area contributed by atoms with Gasteiger partial charge in [0.25, 0.3) is 5.91 Å². The first kappa shape index (κ1) is 15.5. The fourth-order valence-electron chi connectivity index (χ4n) is 1.56. The van der Waals surface area contributed by atoms with E-state index in [4.69, 9.17) is 0 Å². The summed E-state index contributed by atoms with van der Waals surface area (Å²) in [4.78, 5) is 12.0. The molecule has 0 atom stereocenters. The predicted octanol–water partition coefficient (Wildman–Crippen LogP) is 3.67. The first-order chi connectivity index (χ1) is 8.98. The molecule has 0 aliphatic rings. The second kappa shape index (κ2) is 7.17. The second-order valence-corrected chi connectivity index (χ2v) is 5.70. The van der Waals surface area contributed by atoms with Crippen LogP contribution in [-0.4, -0.2) is 19.0 Å². The van der Waals surface area contributed by atoms with Gasteiger partial charge >= 0.3 is 0 Å². The van der Waals surface area contributed by atoms with Crippen LogP contribution in [0.4, 0.5) is 5.69 Å². The Bertz CT molecular complexity index is 396. The Hall–Kier alpha value is -1.51. The maximum absolute atomic E-state index is 12.0. The molecule has 0 heterocycles. The summed E-state index contributed by atoms with van der Waals surface area (Å²) in [6.07, 6.45) is 2.14. The fraction of sp³-hybridized carbons (Fsp3) is 0.562. The van der Waals surface area contributed by atoms with Crippen molar-refractivity contribution >= 4 is 11.6 Å². The van der Waals surface area contributed by atoms with E-state index < -0.39 is 0 Å². The molecule has 0 aromatic heterocycles. The van der Waals surface area contributed by atoms with Gasteiger partial charge in [-0.3, -0.25) is 4.79 Å². The summed E-state index contributed by atoms with van der Waals surface area (Å²) in [5.41, 5.74) is 1.93. The lowest BCUT2D eigenvalue weighted by Gasteiger charge is -2.22. The SMILES string of the molecule is CCCNc1ccc(C(=O)NCC(C)(C)CC)cc1. The average Bonchev–Trinajstić information content (AvgIpc) is 2.43. The van der Waals surface area contributed by atoms with Gasteiger partial charge in [0.15, 0.2) is 0 Å². The summed E-state index contributed by atoms with van der Waals surface area (Å²) in [5, 5.41) is 6.29. The number of hydrogen-bond donors (Lipinski definition) is 2. The Morgan fingerprint density at radius 3 is 2.32 bits per heavy atom. The molecule has 0 fully saturated rings. The van der Waals surface area contributed by atoms with Gasteiger partial charge in [-0.15, -0.1) is 0 Å². The number of carbonyl (C=O) groups excluding carboxylic acids is 1. The Morgan fingerprint density at radius 1 is 1.16 bits per heavy atom. The first-order valence-corrected chi connectivity index (χ1v) is 7.10. The molecule has 3 nitrogen and oxygen atoms in total. The standard InChI is InChI=1S/C16H26N2O/c1-5-11-17-14-9-7-13(8-10-14)15(19)18-12-16(3,4)6-2/h7-10,17H,5-6,11-12H2,1-4H3,(H,18,19). The molecule has 106 valence electrons. The molecule has 19 heavy (non-hydrogen) atoms.